The number of H-pyrrole nitrogens is 1. The van der Waals surface area contributed by atoms with E-state index < -0.39 is 0 Å². The average molecular weight is 265 g/mol. The van der Waals surface area contributed by atoms with Crippen molar-refractivity contribution in [3.8, 4) is 0 Å². The maximum atomic E-state index is 12.0. The molecule has 1 aromatic heterocycles. The molecule has 0 aromatic carbocycles. The van der Waals surface area contributed by atoms with E-state index in [1.54, 1.807) is 4.90 Å². The first-order chi connectivity index (χ1) is 9.25. The highest BCUT2D eigenvalue weighted by atomic mass is 16.2. The first-order valence-electron chi connectivity index (χ1n) is 6.33. The minimum atomic E-state index is -0.210. The van der Waals surface area contributed by atoms with E-state index in [0.29, 0.717) is 19.6 Å². The number of rotatable bonds is 2. The molecule has 9 heteroatoms. The van der Waals surface area contributed by atoms with Gasteiger partial charge in [-0.15, -0.1) is 10.2 Å². The molecule has 0 saturated carbocycles. The van der Waals surface area contributed by atoms with Crippen LogP contribution in [0.15, 0.2) is 0 Å². The van der Waals surface area contributed by atoms with Gasteiger partial charge in [-0.05, 0) is 18.1 Å². The summed E-state index contributed by atoms with van der Waals surface area (Å²) in [5, 5.41) is 15.8. The summed E-state index contributed by atoms with van der Waals surface area (Å²) >= 11 is 0. The van der Waals surface area contributed by atoms with Crippen LogP contribution in [-0.2, 0) is 0 Å². The molecule has 0 aliphatic carbocycles. The molecule has 19 heavy (non-hydrogen) atoms. The first-order valence-corrected chi connectivity index (χ1v) is 6.33. The van der Waals surface area contributed by atoms with Crippen molar-refractivity contribution in [2.45, 2.75) is 18.9 Å². The zero-order chi connectivity index (χ0) is 13.2. The van der Waals surface area contributed by atoms with Crippen LogP contribution in [0.25, 0.3) is 0 Å². The lowest BCUT2D eigenvalue weighted by molar-refractivity contribution is 0.0654. The summed E-state index contributed by atoms with van der Waals surface area (Å²) < 4.78 is 0. The van der Waals surface area contributed by atoms with E-state index in [2.05, 4.69) is 25.9 Å². The van der Waals surface area contributed by atoms with E-state index in [0.717, 1.165) is 19.4 Å². The van der Waals surface area contributed by atoms with Crippen LogP contribution in [0.2, 0.25) is 0 Å². The lowest BCUT2D eigenvalue weighted by Gasteiger charge is -2.35. The lowest BCUT2D eigenvalue weighted by Crippen LogP contribution is -2.47. The van der Waals surface area contributed by atoms with Crippen molar-refractivity contribution < 1.29 is 9.59 Å². The number of likely N-dealkylation sites (tertiary alicyclic amines) is 1. The van der Waals surface area contributed by atoms with E-state index in [1.807, 2.05) is 4.90 Å². The molecule has 3 rings (SSSR count). The van der Waals surface area contributed by atoms with Gasteiger partial charge in [-0.1, -0.05) is 0 Å². The third-order valence-electron chi connectivity index (χ3n) is 3.62. The van der Waals surface area contributed by atoms with Crippen LogP contribution in [0.5, 0.6) is 0 Å². The quantitative estimate of drug-likeness (QED) is 0.700. The second-order valence-corrected chi connectivity index (χ2v) is 4.68. The zero-order valence-corrected chi connectivity index (χ0v) is 10.4. The van der Waals surface area contributed by atoms with Crippen molar-refractivity contribution in [3.05, 3.63) is 5.82 Å². The smallest absolute Gasteiger partial charge is 0.317 e. The Bertz CT molecular complexity index is 466. The van der Waals surface area contributed by atoms with Crippen molar-refractivity contribution in [3.63, 3.8) is 0 Å². The zero-order valence-electron chi connectivity index (χ0n) is 10.4. The van der Waals surface area contributed by atoms with Gasteiger partial charge < -0.3 is 15.1 Å². The van der Waals surface area contributed by atoms with Gasteiger partial charge in [0, 0.05) is 32.2 Å². The number of aromatic nitrogens is 4. The predicted octanol–water partition coefficient (Wildman–Crippen LogP) is -1.17. The van der Waals surface area contributed by atoms with Gasteiger partial charge in [-0.25, -0.2) is 4.79 Å². The molecule has 3 heterocycles. The molecule has 0 bridgehead atoms. The molecule has 2 saturated heterocycles. The van der Waals surface area contributed by atoms with Crippen LogP contribution in [0.3, 0.4) is 0 Å². The van der Waals surface area contributed by atoms with Gasteiger partial charge in [-0.2, -0.15) is 5.21 Å². The van der Waals surface area contributed by atoms with Crippen LogP contribution in [0, 0.1) is 0 Å². The summed E-state index contributed by atoms with van der Waals surface area (Å²) in [4.78, 5) is 27.1. The highest BCUT2D eigenvalue weighted by Crippen LogP contribution is 2.19. The SMILES string of the molecule is O=C(c1nn[nH]n1)N1CCC(N2CCNC2=O)CC1. The Hall–Kier alpha value is -2.19. The lowest BCUT2D eigenvalue weighted by atomic mass is 10.0. The van der Waals surface area contributed by atoms with Crippen molar-refractivity contribution in [2.75, 3.05) is 26.2 Å². The van der Waals surface area contributed by atoms with E-state index in [4.69, 9.17) is 0 Å². The Balaban J connectivity index is 1.57. The minimum Gasteiger partial charge on any atom is -0.336 e. The van der Waals surface area contributed by atoms with E-state index in [1.165, 1.54) is 0 Å². The van der Waals surface area contributed by atoms with Crippen molar-refractivity contribution in [1.82, 2.24) is 35.7 Å². The van der Waals surface area contributed by atoms with Gasteiger partial charge in [-0.3, -0.25) is 4.79 Å². The number of urea groups is 1. The fraction of sp³-hybridized carbons (Fsp3) is 0.700. The maximum absolute atomic E-state index is 12.0. The van der Waals surface area contributed by atoms with Gasteiger partial charge in [0.05, 0.1) is 0 Å². The highest BCUT2D eigenvalue weighted by Gasteiger charge is 2.32. The number of carbonyl (C=O) groups excluding carboxylic acids is 2. The molecule has 102 valence electrons. The van der Waals surface area contributed by atoms with Crippen molar-refractivity contribution in [2.24, 2.45) is 0 Å². The molecule has 0 atom stereocenters. The molecule has 0 spiro atoms. The number of carbonyl (C=O) groups is 2. The van der Waals surface area contributed by atoms with Crippen molar-refractivity contribution >= 4 is 11.9 Å². The molecule has 9 nitrogen and oxygen atoms in total. The number of tetrazole rings is 1. The molecular weight excluding hydrogens is 250 g/mol. The molecule has 0 radical (unpaired) electrons. The van der Waals surface area contributed by atoms with E-state index >= 15 is 0 Å². The summed E-state index contributed by atoms with van der Waals surface area (Å²) in [6, 6.07) is 0.222. The number of piperidine rings is 1. The van der Waals surface area contributed by atoms with E-state index in [9.17, 15) is 9.59 Å². The topological polar surface area (TPSA) is 107 Å². The fourth-order valence-electron chi connectivity index (χ4n) is 2.61. The minimum absolute atomic E-state index is 0.00273. The molecule has 1 aromatic rings. The molecule has 3 amide bonds. The second-order valence-electron chi connectivity index (χ2n) is 4.68. The number of amides is 3. The average Bonchev–Trinajstić information content (AvgIpc) is 3.09. The molecule has 2 aliphatic rings. The normalized spacial score (nSPS) is 20.7. The van der Waals surface area contributed by atoms with Crippen LogP contribution < -0.4 is 5.32 Å². The Morgan fingerprint density at radius 2 is 2.05 bits per heavy atom. The van der Waals surface area contributed by atoms with Crippen LogP contribution in [0.4, 0.5) is 4.79 Å². The number of hydrogen-bond donors (Lipinski definition) is 2. The molecular formula is C10H15N7O2. The van der Waals surface area contributed by atoms with Gasteiger partial charge in [0.2, 0.25) is 0 Å². The van der Waals surface area contributed by atoms with Gasteiger partial charge in [0.1, 0.15) is 0 Å². The van der Waals surface area contributed by atoms with Crippen LogP contribution >= 0.6 is 0 Å². The third-order valence-corrected chi connectivity index (χ3v) is 3.62. The summed E-state index contributed by atoms with van der Waals surface area (Å²) in [5.41, 5.74) is 0. The maximum Gasteiger partial charge on any atom is 0.317 e. The van der Waals surface area contributed by atoms with Gasteiger partial charge in [0.15, 0.2) is 0 Å². The Morgan fingerprint density at radius 3 is 2.63 bits per heavy atom. The largest absolute Gasteiger partial charge is 0.336 e. The second kappa shape index (κ2) is 4.82. The summed E-state index contributed by atoms with van der Waals surface area (Å²) in [7, 11) is 0. The Kier molecular flexibility index (Phi) is 3.02. The monoisotopic (exact) mass is 265 g/mol. The number of nitrogens with zero attached hydrogens (tertiary/aromatic N) is 5. The van der Waals surface area contributed by atoms with Gasteiger partial charge >= 0.3 is 6.03 Å². The summed E-state index contributed by atoms with van der Waals surface area (Å²) in [6.07, 6.45) is 1.58. The number of nitrogens with one attached hydrogen (secondary N) is 2. The Morgan fingerprint density at radius 1 is 1.26 bits per heavy atom. The van der Waals surface area contributed by atoms with Gasteiger partial charge in [0.25, 0.3) is 11.7 Å². The fourth-order valence-corrected chi connectivity index (χ4v) is 2.61. The van der Waals surface area contributed by atoms with Crippen molar-refractivity contribution in [1.29, 1.82) is 0 Å². The first kappa shape index (κ1) is 11.9. The standard InChI is InChI=1S/C10H15N7O2/c18-9(8-12-14-15-13-8)16-4-1-7(2-5-16)17-6-3-11-10(17)19/h7H,1-6H2,(H,11,19)(H,12,13,14,15). The molecule has 0 unspecified atom stereocenters. The van der Waals surface area contributed by atoms with Crippen LogP contribution in [0.1, 0.15) is 23.5 Å². The van der Waals surface area contributed by atoms with Crippen LogP contribution in [-0.4, -0.2) is 74.6 Å². The Labute approximate surface area is 109 Å². The molecule has 2 N–H and O–H groups in total. The number of hydrogen-bond acceptors (Lipinski definition) is 5. The number of aromatic amines is 1. The molecule has 2 fully saturated rings. The summed E-state index contributed by atoms with van der Waals surface area (Å²) in [6.45, 7) is 2.69. The molecule has 2 aliphatic heterocycles. The van der Waals surface area contributed by atoms with E-state index in [-0.39, 0.29) is 23.8 Å². The third kappa shape index (κ3) is 2.23. The predicted molar refractivity (Wildman–Crippen MR) is 63.2 cm³/mol. The highest BCUT2D eigenvalue weighted by molar-refractivity contribution is 5.90. The summed E-state index contributed by atoms with van der Waals surface area (Å²) in [5.74, 6) is -0.115.